The Balaban J connectivity index is 1.65. The molecule has 3 heterocycles. The first-order valence-corrected chi connectivity index (χ1v) is 8.91. The summed E-state index contributed by atoms with van der Waals surface area (Å²) in [5, 5.41) is 0.651. The second-order valence-corrected chi connectivity index (χ2v) is 6.88. The van der Waals surface area contributed by atoms with Gasteiger partial charge >= 0.3 is 0 Å². The van der Waals surface area contributed by atoms with Gasteiger partial charge in [-0.3, -0.25) is 4.79 Å². The van der Waals surface area contributed by atoms with Crippen molar-refractivity contribution < 1.29 is 18.3 Å². The molecule has 25 heavy (non-hydrogen) atoms. The Morgan fingerprint density at radius 2 is 2.04 bits per heavy atom. The van der Waals surface area contributed by atoms with Crippen LogP contribution in [0.1, 0.15) is 35.9 Å². The van der Waals surface area contributed by atoms with E-state index in [1.54, 1.807) is 6.07 Å². The van der Waals surface area contributed by atoms with Gasteiger partial charge < -0.3 is 19.0 Å². The maximum Gasteiger partial charge on any atom is 0.292 e. The number of ether oxygens (including phenoxy) is 1. The molecule has 0 bridgehead atoms. The molecule has 134 valence electrons. The van der Waals surface area contributed by atoms with E-state index in [9.17, 15) is 9.18 Å². The summed E-state index contributed by atoms with van der Waals surface area (Å²) in [4.78, 5) is 17.4. The van der Waals surface area contributed by atoms with Crippen molar-refractivity contribution in [1.82, 2.24) is 9.80 Å². The molecule has 2 aromatic rings. The summed E-state index contributed by atoms with van der Waals surface area (Å²) in [7, 11) is 0. The molecule has 4 rings (SSSR count). The molecule has 2 aliphatic rings. The quantitative estimate of drug-likeness (QED) is 0.838. The third kappa shape index (κ3) is 2.64. The fraction of sp³-hybridized carbons (Fsp3) is 0.526. The number of carbonyl (C=O) groups excluding carboxylic acids is 1. The van der Waals surface area contributed by atoms with E-state index in [1.807, 2.05) is 11.8 Å². The van der Waals surface area contributed by atoms with Gasteiger partial charge in [0.15, 0.2) is 5.76 Å². The molecule has 2 fully saturated rings. The van der Waals surface area contributed by atoms with Crippen molar-refractivity contribution in [3.8, 4) is 0 Å². The average molecular weight is 346 g/mol. The number of likely N-dealkylation sites (tertiary alicyclic amines) is 1. The number of aryl methyl sites for hydroxylation is 1. The Morgan fingerprint density at radius 1 is 1.28 bits per heavy atom. The van der Waals surface area contributed by atoms with Crippen molar-refractivity contribution in [2.24, 2.45) is 0 Å². The van der Waals surface area contributed by atoms with Crippen molar-refractivity contribution >= 4 is 16.9 Å². The fourth-order valence-corrected chi connectivity index (χ4v) is 4.05. The molecule has 0 N–H and O–H groups in total. The maximum atomic E-state index is 13.5. The molecule has 0 aliphatic carbocycles. The van der Waals surface area contributed by atoms with Crippen LogP contribution in [0.3, 0.4) is 0 Å². The lowest BCUT2D eigenvalue weighted by atomic mass is 9.98. The second kappa shape index (κ2) is 6.11. The van der Waals surface area contributed by atoms with Gasteiger partial charge in [-0.05, 0) is 31.7 Å². The highest BCUT2D eigenvalue weighted by Gasteiger charge is 2.47. The molecule has 1 aromatic heterocycles. The highest BCUT2D eigenvalue weighted by molar-refractivity contribution is 5.99. The highest BCUT2D eigenvalue weighted by Crippen LogP contribution is 2.37. The van der Waals surface area contributed by atoms with E-state index in [0.29, 0.717) is 35.4 Å². The Labute approximate surface area is 146 Å². The molecule has 0 radical (unpaired) electrons. The largest absolute Gasteiger partial charge is 0.451 e. The summed E-state index contributed by atoms with van der Waals surface area (Å²) in [6.07, 6.45) is 1.61. The lowest BCUT2D eigenvalue weighted by Crippen LogP contribution is -2.54. The average Bonchev–Trinajstić information content (AvgIpc) is 3.17. The smallest absolute Gasteiger partial charge is 0.292 e. The minimum absolute atomic E-state index is 0.156. The molecule has 0 saturated carbocycles. The summed E-state index contributed by atoms with van der Waals surface area (Å²) in [5.74, 6) is -0.191. The van der Waals surface area contributed by atoms with Crippen LogP contribution in [0.15, 0.2) is 22.6 Å². The molecule has 2 saturated heterocycles. The van der Waals surface area contributed by atoms with Crippen LogP contribution in [-0.4, -0.2) is 54.2 Å². The van der Waals surface area contributed by atoms with E-state index in [-0.39, 0.29) is 11.7 Å². The molecular formula is C19H23FN2O3. The van der Waals surface area contributed by atoms with Gasteiger partial charge in [0.2, 0.25) is 0 Å². The van der Waals surface area contributed by atoms with Crippen LogP contribution in [0.25, 0.3) is 11.0 Å². The van der Waals surface area contributed by atoms with Crippen LogP contribution in [0.4, 0.5) is 4.39 Å². The molecule has 1 spiro atoms. The number of fused-ring (bicyclic) bond motifs is 1. The first-order chi connectivity index (χ1) is 12.0. The predicted molar refractivity (Wildman–Crippen MR) is 92.0 cm³/mol. The van der Waals surface area contributed by atoms with Crippen molar-refractivity contribution in [1.29, 1.82) is 0 Å². The standard InChI is InChI=1S/C19H23FN2O3/c1-3-21-8-6-19(7-9-21)22(10-11-24-19)18(23)17-13(2)15-12-14(20)4-5-16(15)25-17/h4-5,12H,3,6-11H2,1-2H3. The van der Waals surface area contributed by atoms with Gasteiger partial charge in [0.1, 0.15) is 17.1 Å². The minimum Gasteiger partial charge on any atom is -0.451 e. The number of halogens is 1. The summed E-state index contributed by atoms with van der Waals surface area (Å²) in [6.45, 7) is 7.92. The number of nitrogens with zero attached hydrogens (tertiary/aromatic N) is 2. The summed E-state index contributed by atoms with van der Waals surface area (Å²) >= 11 is 0. The number of rotatable bonds is 2. The van der Waals surface area contributed by atoms with E-state index < -0.39 is 5.72 Å². The van der Waals surface area contributed by atoms with Crippen molar-refractivity contribution in [2.45, 2.75) is 32.4 Å². The first kappa shape index (κ1) is 16.5. The maximum absolute atomic E-state index is 13.5. The Hall–Kier alpha value is -1.92. The van der Waals surface area contributed by atoms with Crippen molar-refractivity contribution in [3.05, 3.63) is 35.3 Å². The first-order valence-electron chi connectivity index (χ1n) is 8.91. The topological polar surface area (TPSA) is 45.9 Å². The highest BCUT2D eigenvalue weighted by atomic mass is 19.1. The lowest BCUT2D eigenvalue weighted by Gasteiger charge is -2.43. The number of hydrogen-bond donors (Lipinski definition) is 0. The Bertz CT molecular complexity index is 808. The van der Waals surface area contributed by atoms with Crippen LogP contribution in [0.2, 0.25) is 0 Å². The van der Waals surface area contributed by atoms with Gasteiger partial charge in [0, 0.05) is 43.4 Å². The normalized spacial score (nSPS) is 20.7. The van der Waals surface area contributed by atoms with Gasteiger partial charge in [-0.25, -0.2) is 4.39 Å². The number of benzene rings is 1. The zero-order chi connectivity index (χ0) is 17.6. The van der Waals surface area contributed by atoms with Crippen molar-refractivity contribution in [3.63, 3.8) is 0 Å². The molecule has 1 aromatic carbocycles. The van der Waals surface area contributed by atoms with Gasteiger partial charge in [-0.2, -0.15) is 0 Å². The summed E-state index contributed by atoms with van der Waals surface area (Å²) < 4.78 is 25.3. The third-order valence-corrected chi connectivity index (χ3v) is 5.60. The minimum atomic E-state index is -0.528. The zero-order valence-electron chi connectivity index (χ0n) is 14.7. The van der Waals surface area contributed by atoms with Gasteiger partial charge in [0.05, 0.1) is 6.61 Å². The molecule has 0 atom stereocenters. The second-order valence-electron chi connectivity index (χ2n) is 6.88. The van der Waals surface area contributed by atoms with E-state index in [0.717, 1.165) is 32.5 Å². The van der Waals surface area contributed by atoms with E-state index in [1.165, 1.54) is 12.1 Å². The lowest BCUT2D eigenvalue weighted by molar-refractivity contribution is -0.105. The molecular weight excluding hydrogens is 323 g/mol. The van der Waals surface area contributed by atoms with Gasteiger partial charge in [-0.1, -0.05) is 6.92 Å². The van der Waals surface area contributed by atoms with Crippen LogP contribution >= 0.6 is 0 Å². The van der Waals surface area contributed by atoms with E-state index in [2.05, 4.69) is 11.8 Å². The molecule has 1 amide bonds. The summed E-state index contributed by atoms with van der Waals surface area (Å²) in [6, 6.07) is 4.34. The van der Waals surface area contributed by atoms with Crippen molar-refractivity contribution in [2.75, 3.05) is 32.8 Å². The zero-order valence-corrected chi connectivity index (χ0v) is 14.7. The fourth-order valence-electron chi connectivity index (χ4n) is 4.05. The monoisotopic (exact) mass is 346 g/mol. The number of piperidine rings is 1. The van der Waals surface area contributed by atoms with Crippen LogP contribution in [0, 0.1) is 12.7 Å². The number of furan rings is 1. The number of amides is 1. The molecule has 6 heteroatoms. The molecule has 5 nitrogen and oxygen atoms in total. The van der Waals surface area contributed by atoms with Crippen LogP contribution < -0.4 is 0 Å². The molecule has 0 unspecified atom stereocenters. The third-order valence-electron chi connectivity index (χ3n) is 5.60. The van der Waals surface area contributed by atoms with E-state index in [4.69, 9.17) is 9.15 Å². The SMILES string of the molecule is CCN1CCC2(CC1)OCCN2C(=O)c1oc2ccc(F)cc2c1C. The predicted octanol–water partition coefficient (Wildman–Crippen LogP) is 3.16. The molecule has 2 aliphatic heterocycles. The van der Waals surface area contributed by atoms with Crippen LogP contribution in [-0.2, 0) is 4.74 Å². The van der Waals surface area contributed by atoms with Crippen LogP contribution in [0.5, 0.6) is 0 Å². The number of hydrogen-bond acceptors (Lipinski definition) is 4. The van der Waals surface area contributed by atoms with Gasteiger partial charge in [-0.15, -0.1) is 0 Å². The Morgan fingerprint density at radius 3 is 2.76 bits per heavy atom. The van der Waals surface area contributed by atoms with E-state index >= 15 is 0 Å². The number of carbonyl (C=O) groups is 1. The Kier molecular flexibility index (Phi) is 4.04. The summed E-state index contributed by atoms with van der Waals surface area (Å²) in [5.41, 5.74) is 0.698. The van der Waals surface area contributed by atoms with Gasteiger partial charge in [0.25, 0.3) is 5.91 Å².